The number of nitrogens with one attached hydrogen (secondary N) is 1. The van der Waals surface area contributed by atoms with Gasteiger partial charge in [-0.1, -0.05) is 11.3 Å². The van der Waals surface area contributed by atoms with Gasteiger partial charge in [0.15, 0.2) is 0 Å². The van der Waals surface area contributed by atoms with Crippen LogP contribution >= 0.6 is 23.1 Å². The Balaban J connectivity index is 1.99. The van der Waals surface area contributed by atoms with Crippen molar-refractivity contribution in [1.82, 2.24) is 15.1 Å². The number of anilines is 1. The Bertz CT molecular complexity index is 425. The zero-order chi connectivity index (χ0) is 13.0. The number of carbonyl (C=O) groups excluding carboxylic acids is 1. The minimum atomic E-state index is -0.892. The number of carbonyl (C=O) groups is 2. The molecule has 1 aliphatic rings. The molecule has 0 saturated carbocycles. The van der Waals surface area contributed by atoms with E-state index in [0.29, 0.717) is 17.4 Å². The maximum atomic E-state index is 12.0. The van der Waals surface area contributed by atoms with Gasteiger partial charge in [-0.15, -0.1) is 10.2 Å². The molecule has 2 amide bonds. The third kappa shape index (κ3) is 3.33. The van der Waals surface area contributed by atoms with Crippen LogP contribution in [0.4, 0.5) is 9.93 Å². The highest BCUT2D eigenvalue weighted by molar-refractivity contribution is 7.99. The fraction of sp³-hybridized carbons (Fsp3) is 0.556. The van der Waals surface area contributed by atoms with Gasteiger partial charge in [-0.25, -0.2) is 4.79 Å². The smallest absolute Gasteiger partial charge is 0.324 e. The number of hydrogen-bond acceptors (Lipinski definition) is 6. The van der Waals surface area contributed by atoms with Crippen LogP contribution in [0.2, 0.25) is 0 Å². The Hall–Kier alpha value is -1.35. The van der Waals surface area contributed by atoms with E-state index in [1.807, 2.05) is 0 Å². The van der Waals surface area contributed by atoms with E-state index in [-0.39, 0.29) is 18.5 Å². The lowest BCUT2D eigenvalue weighted by Crippen LogP contribution is -2.48. The molecule has 98 valence electrons. The number of amides is 2. The van der Waals surface area contributed by atoms with Crippen LogP contribution in [0.15, 0.2) is 5.51 Å². The predicted molar refractivity (Wildman–Crippen MR) is 69.0 cm³/mol. The van der Waals surface area contributed by atoms with Gasteiger partial charge in [-0.2, -0.15) is 11.8 Å². The Morgan fingerprint density at radius 3 is 3.11 bits per heavy atom. The molecule has 1 aromatic heterocycles. The standard InChI is InChI=1S/C9H12N4O3S2/c14-7(15)3-6-4-17-2-1-13(6)9(16)11-8-12-10-5-18-8/h5-6H,1-4H2,(H,14,15)(H,11,12,16). The highest BCUT2D eigenvalue weighted by Gasteiger charge is 2.29. The molecule has 0 bridgehead atoms. The molecular weight excluding hydrogens is 276 g/mol. The summed E-state index contributed by atoms with van der Waals surface area (Å²) in [6.45, 7) is 0.549. The van der Waals surface area contributed by atoms with E-state index in [4.69, 9.17) is 5.11 Å². The van der Waals surface area contributed by atoms with Crippen LogP contribution in [0.25, 0.3) is 0 Å². The molecule has 9 heteroatoms. The average Bonchev–Trinajstić information content (AvgIpc) is 2.81. The predicted octanol–water partition coefficient (Wildman–Crippen LogP) is 0.962. The van der Waals surface area contributed by atoms with Crippen molar-refractivity contribution in [3.63, 3.8) is 0 Å². The molecule has 2 N–H and O–H groups in total. The van der Waals surface area contributed by atoms with Crippen molar-refractivity contribution in [3.05, 3.63) is 5.51 Å². The molecule has 0 aliphatic carbocycles. The average molecular weight is 288 g/mol. The van der Waals surface area contributed by atoms with E-state index in [2.05, 4.69) is 15.5 Å². The van der Waals surface area contributed by atoms with E-state index in [1.54, 1.807) is 16.7 Å². The van der Waals surface area contributed by atoms with E-state index in [1.165, 1.54) is 16.8 Å². The van der Waals surface area contributed by atoms with Gasteiger partial charge in [0.2, 0.25) is 5.13 Å². The molecule has 0 spiro atoms. The summed E-state index contributed by atoms with van der Waals surface area (Å²) in [5.74, 6) is 0.575. The highest BCUT2D eigenvalue weighted by atomic mass is 32.2. The van der Waals surface area contributed by atoms with Crippen LogP contribution in [-0.4, -0.2) is 56.3 Å². The first kappa shape index (κ1) is 13.1. The minimum absolute atomic E-state index is 0.0312. The van der Waals surface area contributed by atoms with Crippen LogP contribution in [0.5, 0.6) is 0 Å². The van der Waals surface area contributed by atoms with Crippen molar-refractivity contribution < 1.29 is 14.7 Å². The maximum Gasteiger partial charge on any atom is 0.324 e. The number of rotatable bonds is 3. The summed E-state index contributed by atoms with van der Waals surface area (Å²) in [7, 11) is 0. The zero-order valence-corrected chi connectivity index (χ0v) is 11.0. The number of carboxylic acids is 1. The maximum absolute atomic E-state index is 12.0. The van der Waals surface area contributed by atoms with Crippen LogP contribution in [0, 0.1) is 0 Å². The quantitative estimate of drug-likeness (QED) is 0.860. The lowest BCUT2D eigenvalue weighted by molar-refractivity contribution is -0.137. The van der Waals surface area contributed by atoms with Crippen LogP contribution < -0.4 is 5.32 Å². The molecule has 2 heterocycles. The summed E-state index contributed by atoms with van der Waals surface area (Å²) in [6.07, 6.45) is -0.0312. The molecule has 0 aromatic carbocycles. The lowest BCUT2D eigenvalue weighted by atomic mass is 10.2. The van der Waals surface area contributed by atoms with Gasteiger partial charge in [-0.3, -0.25) is 10.1 Å². The second-order valence-electron chi connectivity index (χ2n) is 3.69. The SMILES string of the molecule is O=C(O)CC1CSCCN1C(=O)Nc1nncs1. The van der Waals surface area contributed by atoms with E-state index < -0.39 is 5.97 Å². The van der Waals surface area contributed by atoms with Crippen molar-refractivity contribution in [2.75, 3.05) is 23.4 Å². The van der Waals surface area contributed by atoms with Crippen LogP contribution in [0.1, 0.15) is 6.42 Å². The largest absolute Gasteiger partial charge is 0.481 e. The molecule has 1 unspecified atom stereocenters. The number of hydrogen-bond donors (Lipinski definition) is 2. The van der Waals surface area contributed by atoms with Crippen molar-refractivity contribution >= 4 is 40.2 Å². The summed E-state index contributed by atoms with van der Waals surface area (Å²) in [6, 6.07) is -0.576. The second kappa shape index (κ2) is 6.01. The molecule has 18 heavy (non-hydrogen) atoms. The van der Waals surface area contributed by atoms with Crippen molar-refractivity contribution in [1.29, 1.82) is 0 Å². The van der Waals surface area contributed by atoms with Crippen LogP contribution in [0.3, 0.4) is 0 Å². The first-order chi connectivity index (χ1) is 8.66. The summed E-state index contributed by atoms with van der Waals surface area (Å²) in [5.41, 5.74) is 1.52. The number of aliphatic carboxylic acids is 1. The Morgan fingerprint density at radius 2 is 2.44 bits per heavy atom. The van der Waals surface area contributed by atoms with Gasteiger partial charge in [0.25, 0.3) is 0 Å². The monoisotopic (exact) mass is 288 g/mol. The number of urea groups is 1. The van der Waals surface area contributed by atoms with Crippen molar-refractivity contribution in [3.8, 4) is 0 Å². The van der Waals surface area contributed by atoms with Gasteiger partial charge in [0.1, 0.15) is 5.51 Å². The number of aromatic nitrogens is 2. The van der Waals surface area contributed by atoms with Gasteiger partial charge in [-0.05, 0) is 0 Å². The molecule has 1 fully saturated rings. The molecule has 0 radical (unpaired) electrons. The Labute approximate surface area is 112 Å². The number of carboxylic acid groups (broad SMARTS) is 1. The topological polar surface area (TPSA) is 95.4 Å². The van der Waals surface area contributed by atoms with Gasteiger partial charge < -0.3 is 10.0 Å². The summed E-state index contributed by atoms with van der Waals surface area (Å²) in [4.78, 5) is 24.3. The molecular formula is C9H12N4O3S2. The number of nitrogens with zero attached hydrogens (tertiary/aromatic N) is 3. The summed E-state index contributed by atoms with van der Waals surface area (Å²) >= 11 is 2.89. The highest BCUT2D eigenvalue weighted by Crippen LogP contribution is 2.20. The van der Waals surface area contributed by atoms with Gasteiger partial charge >= 0.3 is 12.0 Å². The summed E-state index contributed by atoms with van der Waals surface area (Å²) < 4.78 is 0. The third-order valence-electron chi connectivity index (χ3n) is 2.47. The van der Waals surface area contributed by atoms with Gasteiger partial charge in [0.05, 0.1) is 12.5 Å². The van der Waals surface area contributed by atoms with Crippen molar-refractivity contribution in [2.45, 2.75) is 12.5 Å². The summed E-state index contributed by atoms with van der Waals surface area (Å²) in [5, 5.41) is 19.2. The fourth-order valence-electron chi connectivity index (χ4n) is 1.68. The number of thioether (sulfide) groups is 1. The zero-order valence-electron chi connectivity index (χ0n) is 9.40. The van der Waals surface area contributed by atoms with Gasteiger partial charge in [0, 0.05) is 18.1 Å². The lowest BCUT2D eigenvalue weighted by Gasteiger charge is -2.34. The molecule has 2 rings (SSSR count). The first-order valence-corrected chi connectivity index (χ1v) is 7.33. The molecule has 1 saturated heterocycles. The van der Waals surface area contributed by atoms with E-state index in [0.717, 1.165) is 5.75 Å². The molecule has 1 aliphatic heterocycles. The third-order valence-corrected chi connectivity index (χ3v) is 4.17. The second-order valence-corrected chi connectivity index (χ2v) is 5.68. The Kier molecular flexibility index (Phi) is 4.37. The van der Waals surface area contributed by atoms with E-state index >= 15 is 0 Å². The fourth-order valence-corrected chi connectivity index (χ4v) is 3.18. The molecule has 1 aromatic rings. The normalized spacial score (nSPS) is 19.6. The minimum Gasteiger partial charge on any atom is -0.481 e. The van der Waals surface area contributed by atoms with E-state index in [9.17, 15) is 9.59 Å². The molecule has 1 atom stereocenters. The van der Waals surface area contributed by atoms with Crippen LogP contribution in [-0.2, 0) is 4.79 Å². The first-order valence-electron chi connectivity index (χ1n) is 5.30. The van der Waals surface area contributed by atoms with Crippen molar-refractivity contribution in [2.24, 2.45) is 0 Å². The molecule has 7 nitrogen and oxygen atoms in total. The Morgan fingerprint density at radius 1 is 1.61 bits per heavy atom.